The molecule has 0 radical (unpaired) electrons. The zero-order valence-electron chi connectivity index (χ0n) is 15.2. The first-order valence-corrected chi connectivity index (χ1v) is 8.84. The van der Waals surface area contributed by atoms with Gasteiger partial charge in [0.15, 0.2) is 0 Å². The SMILES string of the molecule is COCc1ccc(C2CN(C(=O)OCc3ccccc3)CC2C(=O)O)cc1. The van der Waals surface area contributed by atoms with Crippen molar-refractivity contribution in [1.82, 2.24) is 4.90 Å². The Bertz CT molecular complexity index is 775. The first kappa shape index (κ1) is 18.9. The smallest absolute Gasteiger partial charge is 0.410 e. The van der Waals surface area contributed by atoms with Crippen LogP contribution in [0.5, 0.6) is 0 Å². The van der Waals surface area contributed by atoms with Crippen LogP contribution in [0.4, 0.5) is 4.79 Å². The molecule has 27 heavy (non-hydrogen) atoms. The molecule has 2 aromatic carbocycles. The maximum atomic E-state index is 12.4. The van der Waals surface area contributed by atoms with Gasteiger partial charge in [0, 0.05) is 26.1 Å². The highest BCUT2D eigenvalue weighted by Gasteiger charge is 2.41. The van der Waals surface area contributed by atoms with Crippen molar-refractivity contribution in [2.75, 3.05) is 20.2 Å². The number of amides is 1. The normalized spacial score (nSPS) is 19.1. The lowest BCUT2D eigenvalue weighted by atomic mass is 9.88. The quantitative estimate of drug-likeness (QED) is 0.846. The summed E-state index contributed by atoms with van der Waals surface area (Å²) in [6.45, 7) is 1.15. The number of nitrogens with zero attached hydrogens (tertiary/aromatic N) is 1. The highest BCUT2D eigenvalue weighted by Crippen LogP contribution is 2.33. The van der Waals surface area contributed by atoms with Crippen LogP contribution in [0.2, 0.25) is 0 Å². The topological polar surface area (TPSA) is 76.1 Å². The molecule has 1 saturated heterocycles. The Morgan fingerprint density at radius 1 is 1.00 bits per heavy atom. The van der Waals surface area contributed by atoms with Gasteiger partial charge in [-0.2, -0.15) is 0 Å². The minimum absolute atomic E-state index is 0.146. The molecule has 0 bridgehead atoms. The fourth-order valence-corrected chi connectivity index (χ4v) is 3.38. The number of benzene rings is 2. The van der Waals surface area contributed by atoms with Crippen LogP contribution in [0.3, 0.4) is 0 Å². The monoisotopic (exact) mass is 369 g/mol. The number of hydrogen-bond acceptors (Lipinski definition) is 4. The number of aliphatic carboxylic acids is 1. The fraction of sp³-hybridized carbons (Fsp3) is 0.333. The summed E-state index contributed by atoms with van der Waals surface area (Å²) >= 11 is 0. The average Bonchev–Trinajstić information content (AvgIpc) is 3.14. The number of hydrogen-bond donors (Lipinski definition) is 1. The Morgan fingerprint density at radius 2 is 1.67 bits per heavy atom. The zero-order valence-corrected chi connectivity index (χ0v) is 15.2. The van der Waals surface area contributed by atoms with Gasteiger partial charge in [-0.25, -0.2) is 4.79 Å². The Balaban J connectivity index is 1.66. The maximum Gasteiger partial charge on any atom is 0.410 e. The second-order valence-corrected chi connectivity index (χ2v) is 6.67. The number of methoxy groups -OCH3 is 1. The van der Waals surface area contributed by atoms with E-state index in [1.165, 1.54) is 4.90 Å². The van der Waals surface area contributed by atoms with Gasteiger partial charge in [-0.05, 0) is 16.7 Å². The van der Waals surface area contributed by atoms with Crippen molar-refractivity contribution >= 4 is 12.1 Å². The third kappa shape index (κ3) is 4.65. The van der Waals surface area contributed by atoms with Gasteiger partial charge in [0.25, 0.3) is 0 Å². The Hall–Kier alpha value is -2.86. The van der Waals surface area contributed by atoms with E-state index in [9.17, 15) is 14.7 Å². The van der Waals surface area contributed by atoms with E-state index in [2.05, 4.69) is 0 Å². The van der Waals surface area contributed by atoms with Crippen molar-refractivity contribution < 1.29 is 24.2 Å². The first-order chi connectivity index (χ1) is 13.1. The van der Waals surface area contributed by atoms with Crippen molar-refractivity contribution in [1.29, 1.82) is 0 Å². The summed E-state index contributed by atoms with van der Waals surface area (Å²) < 4.78 is 10.5. The van der Waals surface area contributed by atoms with Gasteiger partial charge < -0.3 is 19.5 Å². The van der Waals surface area contributed by atoms with Gasteiger partial charge in [-0.3, -0.25) is 4.79 Å². The van der Waals surface area contributed by atoms with E-state index in [0.29, 0.717) is 13.2 Å². The zero-order chi connectivity index (χ0) is 19.2. The fourth-order valence-electron chi connectivity index (χ4n) is 3.38. The van der Waals surface area contributed by atoms with Crippen molar-refractivity contribution in [2.24, 2.45) is 5.92 Å². The van der Waals surface area contributed by atoms with Crippen LogP contribution in [0.25, 0.3) is 0 Å². The molecule has 6 heteroatoms. The molecule has 1 heterocycles. The molecule has 0 saturated carbocycles. The van der Waals surface area contributed by atoms with Gasteiger partial charge >= 0.3 is 12.1 Å². The highest BCUT2D eigenvalue weighted by atomic mass is 16.6. The summed E-state index contributed by atoms with van der Waals surface area (Å²) in [5, 5.41) is 9.59. The van der Waals surface area contributed by atoms with Crippen LogP contribution < -0.4 is 0 Å². The standard InChI is InChI=1S/C21H23NO5/c1-26-13-16-7-9-17(10-8-16)18-11-22(12-19(18)20(23)24)21(25)27-14-15-5-3-2-4-6-15/h2-10,18-19H,11-14H2,1H3,(H,23,24). The lowest BCUT2D eigenvalue weighted by Gasteiger charge is -2.16. The lowest BCUT2D eigenvalue weighted by molar-refractivity contribution is -0.141. The molecule has 1 fully saturated rings. The summed E-state index contributed by atoms with van der Waals surface area (Å²) in [5.74, 6) is -1.81. The summed E-state index contributed by atoms with van der Waals surface area (Å²) in [7, 11) is 1.63. The van der Waals surface area contributed by atoms with Crippen molar-refractivity contribution in [3.05, 3.63) is 71.3 Å². The van der Waals surface area contributed by atoms with E-state index in [1.54, 1.807) is 7.11 Å². The largest absolute Gasteiger partial charge is 0.481 e. The van der Waals surface area contributed by atoms with Crippen LogP contribution in [-0.2, 0) is 27.5 Å². The van der Waals surface area contributed by atoms with Gasteiger partial charge in [-0.1, -0.05) is 54.6 Å². The molecule has 0 spiro atoms. The Labute approximate surface area is 158 Å². The summed E-state index contributed by atoms with van der Waals surface area (Å²) in [4.78, 5) is 25.6. The van der Waals surface area contributed by atoms with Crippen LogP contribution in [-0.4, -0.2) is 42.3 Å². The van der Waals surface area contributed by atoms with Crippen LogP contribution in [0, 0.1) is 5.92 Å². The number of carbonyl (C=O) groups is 2. The molecule has 0 aromatic heterocycles. The minimum Gasteiger partial charge on any atom is -0.481 e. The number of likely N-dealkylation sites (tertiary alicyclic amines) is 1. The number of rotatable bonds is 6. The number of ether oxygens (including phenoxy) is 2. The van der Waals surface area contributed by atoms with Crippen LogP contribution >= 0.6 is 0 Å². The molecule has 6 nitrogen and oxygen atoms in total. The van der Waals surface area contributed by atoms with Gasteiger partial charge in [-0.15, -0.1) is 0 Å². The molecule has 1 N–H and O–H groups in total. The van der Waals surface area contributed by atoms with E-state index < -0.39 is 18.0 Å². The Morgan fingerprint density at radius 3 is 2.30 bits per heavy atom. The molecule has 2 atom stereocenters. The minimum atomic E-state index is -0.903. The third-order valence-electron chi connectivity index (χ3n) is 4.82. The maximum absolute atomic E-state index is 12.4. The lowest BCUT2D eigenvalue weighted by Crippen LogP contribution is -2.30. The summed E-state index contributed by atoms with van der Waals surface area (Å²) in [6.07, 6.45) is -0.483. The summed E-state index contributed by atoms with van der Waals surface area (Å²) in [5.41, 5.74) is 2.82. The van der Waals surface area contributed by atoms with Gasteiger partial charge in [0.1, 0.15) is 6.61 Å². The second-order valence-electron chi connectivity index (χ2n) is 6.67. The molecule has 3 rings (SSSR count). The highest BCUT2D eigenvalue weighted by molar-refractivity contribution is 5.75. The van der Waals surface area contributed by atoms with Crippen molar-refractivity contribution in [2.45, 2.75) is 19.1 Å². The van der Waals surface area contributed by atoms with Crippen LogP contribution in [0.1, 0.15) is 22.6 Å². The van der Waals surface area contributed by atoms with Gasteiger partial charge in [0.05, 0.1) is 12.5 Å². The molecule has 1 aliphatic heterocycles. The summed E-state index contributed by atoms with van der Waals surface area (Å²) in [6, 6.07) is 17.1. The van der Waals surface area contributed by atoms with E-state index in [4.69, 9.17) is 9.47 Å². The van der Waals surface area contributed by atoms with Gasteiger partial charge in [0.2, 0.25) is 0 Å². The molecule has 142 valence electrons. The molecule has 1 aliphatic rings. The Kier molecular flexibility index (Phi) is 6.08. The second kappa shape index (κ2) is 8.68. The molecular formula is C21H23NO5. The van der Waals surface area contributed by atoms with Crippen molar-refractivity contribution in [3.8, 4) is 0 Å². The van der Waals surface area contributed by atoms with E-state index in [1.807, 2.05) is 54.6 Å². The predicted octanol–water partition coefficient (Wildman–Crippen LogP) is 3.27. The number of carbonyl (C=O) groups excluding carboxylic acids is 1. The third-order valence-corrected chi connectivity index (χ3v) is 4.82. The van der Waals surface area contributed by atoms with E-state index in [0.717, 1.165) is 16.7 Å². The number of carboxylic acid groups (broad SMARTS) is 1. The molecule has 1 amide bonds. The van der Waals surface area contributed by atoms with E-state index in [-0.39, 0.29) is 19.1 Å². The first-order valence-electron chi connectivity index (χ1n) is 8.84. The van der Waals surface area contributed by atoms with Crippen molar-refractivity contribution in [3.63, 3.8) is 0 Å². The predicted molar refractivity (Wildman–Crippen MR) is 99.2 cm³/mol. The number of carboxylic acids is 1. The molecular weight excluding hydrogens is 346 g/mol. The molecule has 0 aliphatic carbocycles. The molecule has 2 unspecified atom stereocenters. The molecule has 2 aromatic rings. The van der Waals surface area contributed by atoms with E-state index >= 15 is 0 Å². The average molecular weight is 369 g/mol. The van der Waals surface area contributed by atoms with Crippen LogP contribution in [0.15, 0.2) is 54.6 Å².